The molecule has 0 aromatic heterocycles. The van der Waals surface area contributed by atoms with E-state index in [-0.39, 0.29) is 0 Å². The van der Waals surface area contributed by atoms with Gasteiger partial charge in [0.15, 0.2) is 0 Å². The van der Waals surface area contributed by atoms with E-state index in [9.17, 15) is 0 Å². The molecule has 17 heavy (non-hydrogen) atoms. The van der Waals surface area contributed by atoms with E-state index in [1.807, 2.05) is 0 Å². The summed E-state index contributed by atoms with van der Waals surface area (Å²) in [6.07, 6.45) is 9.68. The third-order valence-electron chi connectivity index (χ3n) is 6.03. The van der Waals surface area contributed by atoms with Gasteiger partial charge in [0, 0.05) is 17.5 Å². The number of halogens is 1. The molecule has 1 aliphatic carbocycles. The number of piperidine rings is 1. The number of alkyl halides is 1. The number of fused-ring (bicyclic) bond motifs is 2. The summed E-state index contributed by atoms with van der Waals surface area (Å²) >= 11 is 6.24. The predicted octanol–water partition coefficient (Wildman–Crippen LogP) is 3.90. The van der Waals surface area contributed by atoms with E-state index in [1.165, 1.54) is 44.9 Å². The predicted molar refractivity (Wildman–Crippen MR) is 73.4 cm³/mol. The third kappa shape index (κ3) is 2.14. The van der Waals surface area contributed by atoms with Gasteiger partial charge in [0.25, 0.3) is 0 Å². The van der Waals surface area contributed by atoms with E-state index >= 15 is 0 Å². The van der Waals surface area contributed by atoms with E-state index in [4.69, 9.17) is 11.6 Å². The number of nitrogens with zero attached hydrogens (tertiary/aromatic N) is 1. The lowest BCUT2D eigenvalue weighted by Gasteiger charge is -2.46. The molecular formula is C15H26ClN. The molecule has 0 amide bonds. The Morgan fingerprint density at radius 1 is 1.00 bits per heavy atom. The monoisotopic (exact) mass is 255 g/mol. The fraction of sp³-hybridized carbons (Fsp3) is 1.00. The molecule has 0 aromatic rings. The van der Waals surface area contributed by atoms with Crippen molar-refractivity contribution >= 4 is 11.6 Å². The minimum Gasteiger partial charge on any atom is -0.300 e. The molecular weight excluding hydrogens is 230 g/mol. The van der Waals surface area contributed by atoms with E-state index < -0.39 is 0 Å². The van der Waals surface area contributed by atoms with Crippen LogP contribution in [0.4, 0.5) is 0 Å². The van der Waals surface area contributed by atoms with Gasteiger partial charge in [-0.2, -0.15) is 0 Å². The van der Waals surface area contributed by atoms with Gasteiger partial charge in [-0.15, -0.1) is 11.6 Å². The quantitative estimate of drug-likeness (QED) is 0.643. The summed E-state index contributed by atoms with van der Waals surface area (Å²) < 4.78 is 0. The lowest BCUT2D eigenvalue weighted by atomic mass is 9.69. The maximum atomic E-state index is 6.24. The standard InChI is InChI=1S/C15H26ClN/c1-10-14(11-3-5-12(16)6-4-11)9-13-7-8-15(10)17(13)2/h10-15H,3-9H2,1-2H3/t10-,11?,12?,13-,14+,15?/m1/s1. The summed E-state index contributed by atoms with van der Waals surface area (Å²) in [6.45, 7) is 2.51. The average Bonchev–Trinajstić information content (AvgIpc) is 2.58. The van der Waals surface area contributed by atoms with Crippen LogP contribution in [0.2, 0.25) is 0 Å². The summed E-state index contributed by atoms with van der Waals surface area (Å²) in [6, 6.07) is 1.78. The van der Waals surface area contributed by atoms with Gasteiger partial charge in [0.1, 0.15) is 0 Å². The molecule has 2 aliphatic heterocycles. The van der Waals surface area contributed by atoms with Crippen LogP contribution in [0, 0.1) is 17.8 Å². The molecule has 2 heteroatoms. The Kier molecular flexibility index (Phi) is 3.42. The highest BCUT2D eigenvalue weighted by Gasteiger charge is 2.45. The first kappa shape index (κ1) is 12.3. The van der Waals surface area contributed by atoms with Crippen LogP contribution < -0.4 is 0 Å². The molecule has 1 nitrogen and oxygen atoms in total. The maximum Gasteiger partial charge on any atom is 0.0336 e. The van der Waals surface area contributed by atoms with Crippen molar-refractivity contribution in [3.05, 3.63) is 0 Å². The Bertz CT molecular complexity index is 272. The Balaban J connectivity index is 1.68. The zero-order valence-electron chi connectivity index (χ0n) is 11.2. The molecule has 2 bridgehead atoms. The first-order valence-corrected chi connectivity index (χ1v) is 7.96. The van der Waals surface area contributed by atoms with Crippen LogP contribution in [-0.4, -0.2) is 29.4 Å². The smallest absolute Gasteiger partial charge is 0.0336 e. The minimum atomic E-state index is 0.476. The van der Waals surface area contributed by atoms with Crippen molar-refractivity contribution in [2.45, 2.75) is 69.3 Å². The van der Waals surface area contributed by atoms with Crippen LogP contribution in [0.1, 0.15) is 51.9 Å². The summed E-state index contributed by atoms with van der Waals surface area (Å²) in [5, 5.41) is 0.476. The van der Waals surface area contributed by atoms with Crippen LogP contribution in [0.15, 0.2) is 0 Å². The highest BCUT2D eigenvalue weighted by Crippen LogP contribution is 2.47. The Morgan fingerprint density at radius 3 is 2.41 bits per heavy atom. The van der Waals surface area contributed by atoms with Gasteiger partial charge in [0.05, 0.1) is 0 Å². The Morgan fingerprint density at radius 2 is 1.71 bits per heavy atom. The molecule has 98 valence electrons. The van der Waals surface area contributed by atoms with Crippen LogP contribution >= 0.6 is 11.6 Å². The number of rotatable bonds is 1. The van der Waals surface area contributed by atoms with E-state index in [0.717, 1.165) is 29.8 Å². The molecule has 3 aliphatic rings. The summed E-state index contributed by atoms with van der Waals surface area (Å²) in [7, 11) is 2.35. The van der Waals surface area contributed by atoms with Gasteiger partial charge in [-0.05, 0) is 69.7 Å². The molecule has 1 unspecified atom stereocenters. The highest BCUT2D eigenvalue weighted by molar-refractivity contribution is 6.20. The molecule has 2 heterocycles. The SMILES string of the molecule is C[C@H]1C2CC[C@H](C[C@@H]1C1CCC(Cl)CC1)N2C. The average molecular weight is 256 g/mol. The second-order valence-electron chi connectivity index (χ2n) is 6.73. The molecule has 3 fully saturated rings. The lowest BCUT2D eigenvalue weighted by Crippen LogP contribution is -2.47. The second kappa shape index (κ2) is 4.74. The first-order valence-electron chi connectivity index (χ1n) is 7.53. The molecule has 0 radical (unpaired) electrons. The molecule has 3 rings (SSSR count). The largest absolute Gasteiger partial charge is 0.300 e. The summed E-state index contributed by atoms with van der Waals surface area (Å²) in [5.41, 5.74) is 0. The van der Waals surface area contributed by atoms with E-state index in [1.54, 1.807) is 0 Å². The Labute approximate surface area is 111 Å². The van der Waals surface area contributed by atoms with Gasteiger partial charge in [-0.1, -0.05) is 6.92 Å². The molecule has 0 N–H and O–H groups in total. The topological polar surface area (TPSA) is 3.24 Å². The van der Waals surface area contributed by atoms with Gasteiger partial charge >= 0.3 is 0 Å². The van der Waals surface area contributed by atoms with Crippen LogP contribution in [0.5, 0.6) is 0 Å². The van der Waals surface area contributed by atoms with Crippen LogP contribution in [0.25, 0.3) is 0 Å². The first-order chi connectivity index (χ1) is 8.16. The summed E-state index contributed by atoms with van der Waals surface area (Å²) in [5.74, 6) is 2.89. The van der Waals surface area contributed by atoms with Gasteiger partial charge in [0.2, 0.25) is 0 Å². The summed E-state index contributed by atoms with van der Waals surface area (Å²) in [4.78, 5) is 2.67. The fourth-order valence-electron chi connectivity index (χ4n) is 4.90. The Hall–Kier alpha value is 0.250. The molecule has 0 spiro atoms. The highest BCUT2D eigenvalue weighted by atomic mass is 35.5. The third-order valence-corrected chi connectivity index (χ3v) is 6.46. The van der Waals surface area contributed by atoms with Crippen LogP contribution in [0.3, 0.4) is 0 Å². The fourth-order valence-corrected chi connectivity index (χ4v) is 5.15. The molecule has 2 saturated heterocycles. The zero-order chi connectivity index (χ0) is 12.0. The van der Waals surface area contributed by atoms with Gasteiger partial charge in [-0.3, -0.25) is 0 Å². The van der Waals surface area contributed by atoms with E-state index in [2.05, 4.69) is 18.9 Å². The van der Waals surface area contributed by atoms with Crippen molar-refractivity contribution in [3.8, 4) is 0 Å². The number of hydrogen-bond donors (Lipinski definition) is 0. The van der Waals surface area contributed by atoms with Gasteiger partial charge in [-0.25, -0.2) is 0 Å². The second-order valence-corrected chi connectivity index (χ2v) is 7.35. The molecule has 0 aromatic carbocycles. The maximum absolute atomic E-state index is 6.24. The minimum absolute atomic E-state index is 0.476. The van der Waals surface area contributed by atoms with Crippen LogP contribution in [-0.2, 0) is 0 Å². The zero-order valence-corrected chi connectivity index (χ0v) is 12.0. The normalized spacial score (nSPS) is 51.7. The van der Waals surface area contributed by atoms with Crippen molar-refractivity contribution in [1.82, 2.24) is 4.90 Å². The molecule has 4 atom stereocenters. The molecule has 1 saturated carbocycles. The van der Waals surface area contributed by atoms with E-state index in [0.29, 0.717) is 5.38 Å². The van der Waals surface area contributed by atoms with Crippen molar-refractivity contribution in [1.29, 1.82) is 0 Å². The van der Waals surface area contributed by atoms with Crippen molar-refractivity contribution < 1.29 is 0 Å². The lowest BCUT2D eigenvalue weighted by molar-refractivity contribution is 0.0358. The van der Waals surface area contributed by atoms with Crippen molar-refractivity contribution in [2.75, 3.05) is 7.05 Å². The van der Waals surface area contributed by atoms with Crippen molar-refractivity contribution in [2.24, 2.45) is 17.8 Å². The van der Waals surface area contributed by atoms with Crippen molar-refractivity contribution in [3.63, 3.8) is 0 Å². The number of hydrogen-bond acceptors (Lipinski definition) is 1. The van der Waals surface area contributed by atoms with Gasteiger partial charge < -0.3 is 4.90 Å².